The highest BCUT2D eigenvalue weighted by atomic mass is 32.2. The lowest BCUT2D eigenvalue weighted by atomic mass is 10.1. The number of carbonyl (C=O) groups excluding carboxylic acids is 1. The molecule has 4 rings (SSSR count). The van der Waals surface area contributed by atoms with Crippen LogP contribution in [0, 0.1) is 0 Å². The van der Waals surface area contributed by atoms with E-state index in [0.717, 1.165) is 12.1 Å². The molecule has 10 nitrogen and oxygen atoms in total. The molecule has 1 aromatic rings. The van der Waals surface area contributed by atoms with Gasteiger partial charge in [-0.3, -0.25) is 9.52 Å². The second-order valence-corrected chi connectivity index (χ2v) is 8.54. The van der Waals surface area contributed by atoms with Crippen molar-refractivity contribution in [1.29, 1.82) is 0 Å². The maximum Gasteiger partial charge on any atom is 0.276 e. The summed E-state index contributed by atoms with van der Waals surface area (Å²) in [5.41, 5.74) is 2.59. The van der Waals surface area contributed by atoms with E-state index in [1.807, 2.05) is 25.1 Å². The van der Waals surface area contributed by atoms with E-state index in [-0.39, 0.29) is 12.1 Å². The maximum absolute atomic E-state index is 12.8. The van der Waals surface area contributed by atoms with Gasteiger partial charge in [-0.2, -0.15) is 5.10 Å². The van der Waals surface area contributed by atoms with Crippen LogP contribution in [-0.2, 0) is 20.7 Å². The van der Waals surface area contributed by atoms with Gasteiger partial charge in [0.2, 0.25) is 0 Å². The molecule has 3 N–H and O–H groups in total. The third-order valence-electron chi connectivity index (χ3n) is 5.25. The Kier molecular flexibility index (Phi) is 6.44. The summed E-state index contributed by atoms with van der Waals surface area (Å²) >= 11 is -1.40. The normalized spacial score (nSPS) is 22.4. The van der Waals surface area contributed by atoms with E-state index in [1.165, 1.54) is 0 Å². The third kappa shape index (κ3) is 4.39. The van der Waals surface area contributed by atoms with Gasteiger partial charge in [-0.25, -0.2) is 13.5 Å². The Bertz CT molecular complexity index is 944. The summed E-state index contributed by atoms with van der Waals surface area (Å²) in [6.07, 6.45) is 0.699. The van der Waals surface area contributed by atoms with E-state index in [1.54, 1.807) is 23.2 Å². The number of hydrogen-bond acceptors (Lipinski definition) is 7. The van der Waals surface area contributed by atoms with Crippen molar-refractivity contribution in [1.82, 2.24) is 19.9 Å². The second-order valence-electron chi connectivity index (χ2n) is 7.33. The second kappa shape index (κ2) is 9.25. The number of amidine groups is 1. The van der Waals surface area contributed by atoms with Crippen LogP contribution in [0.5, 0.6) is 5.75 Å². The number of nitrogens with one attached hydrogen (secondary N) is 3. The highest BCUT2D eigenvalue weighted by Gasteiger charge is 2.37. The topological polar surface area (TPSA) is 108 Å². The number of ether oxygens (including phenoxy) is 2. The monoisotopic (exact) mass is 448 g/mol. The average Bonchev–Trinajstić information content (AvgIpc) is 3.11. The van der Waals surface area contributed by atoms with Crippen LogP contribution in [-0.4, -0.2) is 64.3 Å². The van der Waals surface area contributed by atoms with Crippen molar-refractivity contribution < 1.29 is 18.5 Å². The lowest BCUT2D eigenvalue weighted by Crippen LogP contribution is -2.45. The minimum Gasteiger partial charge on any atom is -0.493 e. The Hall–Kier alpha value is -2.63. The lowest BCUT2D eigenvalue weighted by Gasteiger charge is -2.28. The average molecular weight is 449 g/mol. The van der Waals surface area contributed by atoms with Crippen LogP contribution >= 0.6 is 0 Å². The SMILES string of the molecule is CCOc1ccc(NS(=O)N2CCOCC2)cc1C1=NN2C(=C(C)NC2CC)C(=O)N1. The lowest BCUT2D eigenvalue weighted by molar-refractivity contribution is -0.118. The standard InChI is InChI=1S/C20H28N6O4S/c1-4-17-21-13(3)18-20(27)22-19(23-26(17)18)15-12-14(6-7-16(15)30-5-2)24-31(28)25-8-10-29-11-9-25/h6-7,12,17,21,24H,4-5,8-11H2,1-3H3,(H,22,23,27). The number of hydrazone groups is 1. The zero-order chi connectivity index (χ0) is 22.0. The fraction of sp³-hybridized carbons (Fsp3) is 0.500. The summed E-state index contributed by atoms with van der Waals surface area (Å²) in [5.74, 6) is 0.769. The number of morpholine rings is 1. The van der Waals surface area contributed by atoms with Gasteiger partial charge in [0.1, 0.15) is 17.6 Å². The molecule has 1 fully saturated rings. The van der Waals surface area contributed by atoms with Crippen LogP contribution in [0.25, 0.3) is 0 Å². The van der Waals surface area contributed by atoms with Crippen molar-refractivity contribution in [3.8, 4) is 5.75 Å². The van der Waals surface area contributed by atoms with Crippen molar-refractivity contribution >= 4 is 28.6 Å². The zero-order valence-corrected chi connectivity index (χ0v) is 18.8. The molecule has 2 unspecified atom stereocenters. The number of allylic oxidation sites excluding steroid dienone is 1. The van der Waals surface area contributed by atoms with Crippen LogP contribution in [0.4, 0.5) is 5.69 Å². The highest BCUT2D eigenvalue weighted by molar-refractivity contribution is 7.84. The van der Waals surface area contributed by atoms with Gasteiger partial charge in [0.25, 0.3) is 5.91 Å². The summed E-state index contributed by atoms with van der Waals surface area (Å²) < 4.78 is 28.7. The zero-order valence-electron chi connectivity index (χ0n) is 17.9. The molecule has 0 bridgehead atoms. The maximum atomic E-state index is 12.8. The van der Waals surface area contributed by atoms with E-state index in [0.29, 0.717) is 61.4 Å². The molecule has 3 aliphatic rings. The number of hydrogen-bond donors (Lipinski definition) is 3. The first-order valence-corrected chi connectivity index (χ1v) is 11.6. The number of nitrogens with zero attached hydrogens (tertiary/aromatic N) is 3. The molecule has 0 radical (unpaired) electrons. The smallest absolute Gasteiger partial charge is 0.276 e. The summed E-state index contributed by atoms with van der Waals surface area (Å²) in [6, 6.07) is 5.40. The molecule has 1 aromatic carbocycles. The first-order valence-electron chi connectivity index (χ1n) is 10.5. The van der Waals surface area contributed by atoms with Crippen LogP contribution in [0.2, 0.25) is 0 Å². The number of fused-ring (bicyclic) bond motifs is 1. The molecule has 11 heteroatoms. The van der Waals surface area contributed by atoms with E-state index in [4.69, 9.17) is 14.6 Å². The Morgan fingerprint density at radius 1 is 1.32 bits per heavy atom. The van der Waals surface area contributed by atoms with Crippen molar-refractivity contribution in [3.05, 3.63) is 35.2 Å². The van der Waals surface area contributed by atoms with E-state index in [9.17, 15) is 9.00 Å². The van der Waals surface area contributed by atoms with E-state index in [2.05, 4.69) is 15.4 Å². The van der Waals surface area contributed by atoms with Gasteiger partial charge in [0.05, 0.1) is 25.4 Å². The largest absolute Gasteiger partial charge is 0.493 e. The Morgan fingerprint density at radius 3 is 2.81 bits per heavy atom. The Labute approximate surface area is 184 Å². The molecule has 1 amide bonds. The molecule has 0 saturated carbocycles. The molecular weight excluding hydrogens is 420 g/mol. The van der Waals surface area contributed by atoms with Crippen molar-refractivity contribution in [3.63, 3.8) is 0 Å². The van der Waals surface area contributed by atoms with Gasteiger partial charge < -0.3 is 20.1 Å². The first-order chi connectivity index (χ1) is 15.0. The number of carbonyl (C=O) groups is 1. The molecule has 3 aliphatic heterocycles. The number of anilines is 1. The van der Waals surface area contributed by atoms with Crippen LogP contribution in [0.1, 0.15) is 32.8 Å². The molecule has 0 aromatic heterocycles. The quantitative estimate of drug-likeness (QED) is 0.576. The van der Waals surface area contributed by atoms with Gasteiger partial charge in [-0.1, -0.05) is 6.92 Å². The molecular formula is C20H28N6O4S. The van der Waals surface area contributed by atoms with Gasteiger partial charge in [-0.05, 0) is 38.5 Å². The molecule has 0 aliphatic carbocycles. The number of benzene rings is 1. The van der Waals surface area contributed by atoms with Crippen molar-refractivity contribution in [2.24, 2.45) is 5.10 Å². The van der Waals surface area contributed by atoms with Gasteiger partial charge >= 0.3 is 0 Å². The fourth-order valence-electron chi connectivity index (χ4n) is 3.73. The van der Waals surface area contributed by atoms with E-state index < -0.39 is 11.2 Å². The molecule has 0 spiro atoms. The van der Waals surface area contributed by atoms with Crippen LogP contribution in [0.15, 0.2) is 34.7 Å². The van der Waals surface area contributed by atoms with Gasteiger partial charge in [0.15, 0.2) is 17.0 Å². The molecule has 168 valence electrons. The van der Waals surface area contributed by atoms with Crippen molar-refractivity contribution in [2.75, 3.05) is 37.6 Å². The minimum absolute atomic E-state index is 0.0817. The summed E-state index contributed by atoms with van der Waals surface area (Å²) in [4.78, 5) is 12.8. The molecule has 2 atom stereocenters. The number of rotatable bonds is 7. The van der Waals surface area contributed by atoms with Crippen LogP contribution < -0.4 is 20.1 Å². The number of amides is 1. The van der Waals surface area contributed by atoms with Crippen molar-refractivity contribution in [2.45, 2.75) is 33.4 Å². The Balaban J connectivity index is 1.64. The summed E-state index contributed by atoms with van der Waals surface area (Å²) in [5, 5.41) is 12.6. The molecule has 31 heavy (non-hydrogen) atoms. The Morgan fingerprint density at radius 2 is 2.10 bits per heavy atom. The first kappa shape index (κ1) is 21.6. The minimum atomic E-state index is -1.40. The molecule has 1 saturated heterocycles. The third-order valence-corrected chi connectivity index (χ3v) is 6.49. The van der Waals surface area contributed by atoms with Gasteiger partial charge in [-0.15, -0.1) is 0 Å². The fourth-order valence-corrected chi connectivity index (χ4v) is 4.67. The summed E-state index contributed by atoms with van der Waals surface area (Å²) in [7, 11) is 0. The predicted molar refractivity (Wildman–Crippen MR) is 118 cm³/mol. The van der Waals surface area contributed by atoms with E-state index >= 15 is 0 Å². The predicted octanol–water partition coefficient (Wildman–Crippen LogP) is 1.07. The van der Waals surface area contributed by atoms with Gasteiger partial charge in [0, 0.05) is 24.5 Å². The van der Waals surface area contributed by atoms with Crippen LogP contribution in [0.3, 0.4) is 0 Å². The summed E-state index contributed by atoms with van der Waals surface area (Å²) in [6.45, 7) is 8.58. The molecule has 3 heterocycles. The highest BCUT2D eigenvalue weighted by Crippen LogP contribution is 2.29.